The number of hydrogen-bond donors (Lipinski definition) is 0. The van der Waals surface area contributed by atoms with Crippen molar-refractivity contribution < 1.29 is 9.26 Å². The smallest absolute Gasteiger partial charge is 0.196 e. The Hall–Kier alpha value is -3.06. The van der Waals surface area contributed by atoms with E-state index in [4.69, 9.17) is 9.26 Å². The molecule has 4 rings (SSSR count). The van der Waals surface area contributed by atoms with Crippen molar-refractivity contribution in [2.45, 2.75) is 31.7 Å². The quantitative estimate of drug-likeness (QED) is 0.413. The molecule has 2 heterocycles. The molecule has 0 atom stereocenters. The summed E-state index contributed by atoms with van der Waals surface area (Å²) in [5.74, 6) is 3.10. The molecule has 0 aliphatic heterocycles. The number of nitrogens with zero attached hydrogens (tertiary/aromatic N) is 4. The molecule has 0 N–H and O–H groups in total. The van der Waals surface area contributed by atoms with Crippen molar-refractivity contribution in [1.29, 1.82) is 0 Å². The molecule has 0 aliphatic carbocycles. The number of hydrogen-bond acceptors (Lipinski definition) is 6. The van der Waals surface area contributed by atoms with Gasteiger partial charge in [-0.3, -0.25) is 4.57 Å². The Morgan fingerprint density at radius 3 is 2.52 bits per heavy atom. The monoisotopic (exact) mass is 406 g/mol. The second kappa shape index (κ2) is 8.13. The second-order valence-corrected chi connectivity index (χ2v) is 7.74. The maximum Gasteiger partial charge on any atom is 0.196 e. The van der Waals surface area contributed by atoms with Gasteiger partial charge in [0.25, 0.3) is 0 Å². The van der Waals surface area contributed by atoms with Crippen LogP contribution in [0.3, 0.4) is 0 Å². The third kappa shape index (κ3) is 3.91. The van der Waals surface area contributed by atoms with E-state index in [1.165, 1.54) is 5.56 Å². The molecule has 2 aromatic heterocycles. The van der Waals surface area contributed by atoms with Gasteiger partial charge in [-0.05, 0) is 45.0 Å². The zero-order chi connectivity index (χ0) is 20.4. The van der Waals surface area contributed by atoms with Crippen LogP contribution in [0.15, 0.2) is 58.2 Å². The Bertz CT molecular complexity index is 1110. The highest BCUT2D eigenvalue weighted by Gasteiger charge is 2.18. The van der Waals surface area contributed by atoms with Crippen molar-refractivity contribution >= 4 is 11.8 Å². The Kier molecular flexibility index (Phi) is 5.40. The van der Waals surface area contributed by atoms with Crippen molar-refractivity contribution in [1.82, 2.24) is 19.9 Å². The molecule has 0 unspecified atom stereocenters. The number of methoxy groups -OCH3 is 1. The molecule has 0 saturated heterocycles. The lowest BCUT2D eigenvalue weighted by Gasteiger charge is -2.11. The van der Waals surface area contributed by atoms with Crippen LogP contribution in [0.2, 0.25) is 0 Å². The van der Waals surface area contributed by atoms with Crippen molar-refractivity contribution in [2.75, 3.05) is 7.11 Å². The third-order valence-corrected chi connectivity index (χ3v) is 5.74. The van der Waals surface area contributed by atoms with Crippen molar-refractivity contribution in [3.05, 3.63) is 71.1 Å². The summed E-state index contributed by atoms with van der Waals surface area (Å²) in [5, 5.41) is 13.8. The molecule has 0 bridgehead atoms. The fraction of sp³-hybridized carbons (Fsp3) is 0.227. The number of aromatic nitrogens is 4. The van der Waals surface area contributed by atoms with Gasteiger partial charge >= 0.3 is 0 Å². The van der Waals surface area contributed by atoms with Gasteiger partial charge in [0.15, 0.2) is 11.0 Å². The Morgan fingerprint density at radius 1 is 1.03 bits per heavy atom. The lowest BCUT2D eigenvalue weighted by atomic mass is 10.2. The maximum atomic E-state index is 5.39. The minimum Gasteiger partial charge on any atom is -0.497 e. The van der Waals surface area contributed by atoms with Gasteiger partial charge in [-0.15, -0.1) is 10.2 Å². The van der Waals surface area contributed by atoms with E-state index in [1.807, 2.05) is 38.1 Å². The van der Waals surface area contributed by atoms with Crippen LogP contribution in [0.4, 0.5) is 0 Å². The number of rotatable bonds is 6. The van der Waals surface area contributed by atoms with Crippen LogP contribution < -0.4 is 4.74 Å². The molecule has 2 aromatic carbocycles. The fourth-order valence-electron chi connectivity index (χ4n) is 3.08. The Morgan fingerprint density at radius 2 is 1.83 bits per heavy atom. The summed E-state index contributed by atoms with van der Waals surface area (Å²) >= 11 is 1.62. The van der Waals surface area contributed by atoms with Gasteiger partial charge < -0.3 is 9.26 Å². The summed E-state index contributed by atoms with van der Waals surface area (Å²) in [6, 6.07) is 16.2. The normalized spacial score (nSPS) is 11.0. The van der Waals surface area contributed by atoms with Gasteiger partial charge in [-0.25, -0.2) is 0 Å². The maximum absolute atomic E-state index is 5.39. The Balaban J connectivity index is 1.77. The zero-order valence-electron chi connectivity index (χ0n) is 16.8. The van der Waals surface area contributed by atoms with E-state index in [2.05, 4.69) is 51.1 Å². The van der Waals surface area contributed by atoms with E-state index in [9.17, 15) is 0 Å². The minimum atomic E-state index is 0.712. The fourth-order valence-corrected chi connectivity index (χ4v) is 4.19. The second-order valence-electron chi connectivity index (χ2n) is 6.80. The summed E-state index contributed by atoms with van der Waals surface area (Å²) < 4.78 is 12.8. The first-order chi connectivity index (χ1) is 14.1. The summed E-state index contributed by atoms with van der Waals surface area (Å²) in [7, 11) is 1.66. The molecule has 0 radical (unpaired) electrons. The predicted octanol–water partition coefficient (Wildman–Crippen LogP) is 5.15. The summed E-state index contributed by atoms with van der Waals surface area (Å²) in [5.41, 5.74) is 5.16. The van der Waals surface area contributed by atoms with Gasteiger partial charge in [-0.1, -0.05) is 46.7 Å². The number of thioether (sulfide) groups is 1. The molecule has 6 nitrogen and oxygen atoms in total. The highest BCUT2D eigenvalue weighted by atomic mass is 32.2. The average Bonchev–Trinajstić information content (AvgIpc) is 3.30. The first-order valence-corrected chi connectivity index (χ1v) is 10.3. The van der Waals surface area contributed by atoms with Crippen LogP contribution in [0.25, 0.3) is 17.1 Å². The van der Waals surface area contributed by atoms with E-state index < -0.39 is 0 Å². The molecule has 148 valence electrons. The topological polar surface area (TPSA) is 66.0 Å². The lowest BCUT2D eigenvalue weighted by molar-refractivity contribution is 0.392. The molecule has 29 heavy (non-hydrogen) atoms. The first-order valence-electron chi connectivity index (χ1n) is 9.28. The van der Waals surface area contributed by atoms with Crippen LogP contribution in [-0.4, -0.2) is 27.0 Å². The zero-order valence-corrected chi connectivity index (χ0v) is 17.7. The summed E-state index contributed by atoms with van der Waals surface area (Å²) in [6.07, 6.45) is 0. The van der Waals surface area contributed by atoms with Crippen LogP contribution in [0.5, 0.6) is 5.75 Å². The molecular weight excluding hydrogens is 384 g/mol. The largest absolute Gasteiger partial charge is 0.497 e. The third-order valence-electron chi connectivity index (χ3n) is 4.78. The molecule has 7 heteroatoms. The molecular formula is C22H22N4O2S. The van der Waals surface area contributed by atoms with Crippen molar-refractivity contribution in [2.24, 2.45) is 0 Å². The lowest BCUT2D eigenvalue weighted by Crippen LogP contribution is -2.00. The highest BCUT2D eigenvalue weighted by molar-refractivity contribution is 7.98. The standard InChI is InChI=1S/C22H22N4O2S/c1-14-8-10-18(11-9-14)26-21(17-6-5-7-19(12-17)27-4)23-24-22(26)29-13-20-15(2)25-28-16(20)3/h5-12H,13H2,1-4H3. The van der Waals surface area contributed by atoms with Gasteiger partial charge in [0.2, 0.25) is 0 Å². The number of aryl methyl sites for hydroxylation is 3. The Labute approximate surface area is 173 Å². The first kappa shape index (κ1) is 19.3. The summed E-state index contributed by atoms with van der Waals surface area (Å²) in [6.45, 7) is 5.97. The number of benzene rings is 2. The van der Waals surface area contributed by atoms with E-state index in [0.29, 0.717) is 5.75 Å². The van der Waals surface area contributed by atoms with E-state index in [-0.39, 0.29) is 0 Å². The molecule has 0 aliphatic rings. The van der Waals surface area contributed by atoms with Gasteiger partial charge in [0.05, 0.1) is 12.8 Å². The molecule has 0 saturated carbocycles. The van der Waals surface area contributed by atoms with Crippen LogP contribution in [0.1, 0.15) is 22.6 Å². The van der Waals surface area contributed by atoms with Crippen molar-refractivity contribution in [3.8, 4) is 22.8 Å². The van der Waals surface area contributed by atoms with Gasteiger partial charge in [-0.2, -0.15) is 0 Å². The molecule has 4 aromatic rings. The van der Waals surface area contributed by atoms with Crippen molar-refractivity contribution in [3.63, 3.8) is 0 Å². The van der Waals surface area contributed by atoms with Crippen LogP contribution in [0, 0.1) is 20.8 Å². The van der Waals surface area contributed by atoms with E-state index in [1.54, 1.807) is 18.9 Å². The molecule has 0 amide bonds. The highest BCUT2D eigenvalue weighted by Crippen LogP contribution is 2.32. The van der Waals surface area contributed by atoms with Crippen LogP contribution >= 0.6 is 11.8 Å². The molecule has 0 spiro atoms. The molecule has 0 fully saturated rings. The van der Waals surface area contributed by atoms with Gasteiger partial charge in [0, 0.05) is 22.6 Å². The van der Waals surface area contributed by atoms with E-state index in [0.717, 1.165) is 45.0 Å². The SMILES string of the molecule is COc1cccc(-c2nnc(SCc3c(C)noc3C)n2-c2ccc(C)cc2)c1. The van der Waals surface area contributed by atoms with Gasteiger partial charge in [0.1, 0.15) is 11.5 Å². The minimum absolute atomic E-state index is 0.712. The number of ether oxygens (including phenoxy) is 1. The predicted molar refractivity (Wildman–Crippen MR) is 114 cm³/mol. The van der Waals surface area contributed by atoms with Crippen LogP contribution in [-0.2, 0) is 5.75 Å². The van der Waals surface area contributed by atoms with E-state index >= 15 is 0 Å². The average molecular weight is 407 g/mol. The summed E-state index contributed by atoms with van der Waals surface area (Å²) in [4.78, 5) is 0.